The topological polar surface area (TPSA) is 52.6 Å². The van der Waals surface area contributed by atoms with Gasteiger partial charge in [-0.15, -0.1) is 0 Å². The zero-order chi connectivity index (χ0) is 18.1. The van der Waals surface area contributed by atoms with Gasteiger partial charge in [0.25, 0.3) is 0 Å². The summed E-state index contributed by atoms with van der Waals surface area (Å²) in [5.74, 6) is 2.15. The second kappa shape index (κ2) is 7.12. The molecule has 2 bridgehead atoms. The molecule has 0 spiro atoms. The Hall–Kier alpha value is -2.33. The third-order valence-electron chi connectivity index (χ3n) is 6.21. The highest BCUT2D eigenvalue weighted by atomic mass is 16.4. The maximum atomic E-state index is 10.9. The zero-order valence-corrected chi connectivity index (χ0v) is 15.2. The van der Waals surface area contributed by atoms with Crippen LogP contribution in [0.1, 0.15) is 31.2 Å². The first-order valence-corrected chi connectivity index (χ1v) is 9.53. The van der Waals surface area contributed by atoms with Gasteiger partial charge in [-0.3, -0.25) is 5.32 Å². The van der Waals surface area contributed by atoms with Crippen LogP contribution < -0.4 is 5.32 Å². The van der Waals surface area contributed by atoms with Gasteiger partial charge in [0.1, 0.15) is 0 Å². The summed E-state index contributed by atoms with van der Waals surface area (Å²) < 4.78 is 0. The minimum Gasteiger partial charge on any atom is -0.465 e. The van der Waals surface area contributed by atoms with Gasteiger partial charge in [0.05, 0.1) is 0 Å². The molecule has 4 nitrogen and oxygen atoms in total. The lowest BCUT2D eigenvalue weighted by atomic mass is 9.71. The van der Waals surface area contributed by atoms with Gasteiger partial charge in [-0.05, 0) is 72.5 Å². The van der Waals surface area contributed by atoms with Crippen LogP contribution in [0, 0.1) is 11.8 Å². The molecule has 136 valence electrons. The van der Waals surface area contributed by atoms with Crippen molar-refractivity contribution in [2.75, 3.05) is 25.0 Å². The molecular weight excluding hydrogens is 324 g/mol. The number of rotatable bonds is 4. The summed E-state index contributed by atoms with van der Waals surface area (Å²) >= 11 is 0. The fraction of sp³-hybridized carbons (Fsp3) is 0.409. The number of fused-ring (bicyclic) bond motifs is 3. The highest BCUT2D eigenvalue weighted by Gasteiger charge is 2.37. The Morgan fingerprint density at radius 2 is 1.81 bits per heavy atom. The molecule has 4 heteroatoms. The molecule has 0 radical (unpaired) electrons. The Kier molecular flexibility index (Phi) is 4.68. The van der Waals surface area contributed by atoms with E-state index in [4.69, 9.17) is 5.11 Å². The van der Waals surface area contributed by atoms with Crippen molar-refractivity contribution in [1.29, 1.82) is 0 Å². The van der Waals surface area contributed by atoms with Crippen molar-refractivity contribution in [3.8, 4) is 11.1 Å². The minimum absolute atomic E-state index is 0.545. The maximum Gasteiger partial charge on any atom is 0.409 e. The summed E-state index contributed by atoms with van der Waals surface area (Å²) in [5.41, 5.74) is 4.17. The van der Waals surface area contributed by atoms with E-state index >= 15 is 0 Å². The van der Waals surface area contributed by atoms with Gasteiger partial charge in [-0.25, -0.2) is 4.79 Å². The van der Waals surface area contributed by atoms with Gasteiger partial charge in [0, 0.05) is 12.2 Å². The molecule has 0 saturated carbocycles. The van der Waals surface area contributed by atoms with Crippen molar-refractivity contribution in [3.63, 3.8) is 0 Å². The average Bonchev–Trinajstić information content (AvgIpc) is 2.68. The third kappa shape index (κ3) is 3.47. The summed E-state index contributed by atoms with van der Waals surface area (Å²) in [7, 11) is 0. The predicted molar refractivity (Wildman–Crippen MR) is 105 cm³/mol. The number of benzene rings is 2. The van der Waals surface area contributed by atoms with Crippen molar-refractivity contribution >= 4 is 11.8 Å². The largest absolute Gasteiger partial charge is 0.465 e. The van der Waals surface area contributed by atoms with Crippen LogP contribution in [0.5, 0.6) is 0 Å². The van der Waals surface area contributed by atoms with E-state index in [9.17, 15) is 4.79 Å². The van der Waals surface area contributed by atoms with Crippen molar-refractivity contribution in [2.24, 2.45) is 11.8 Å². The van der Waals surface area contributed by atoms with Gasteiger partial charge in [0.15, 0.2) is 0 Å². The molecule has 2 aromatic rings. The first kappa shape index (κ1) is 17.1. The molecule has 3 heterocycles. The maximum absolute atomic E-state index is 10.9. The fourth-order valence-electron chi connectivity index (χ4n) is 4.73. The van der Waals surface area contributed by atoms with Crippen molar-refractivity contribution in [2.45, 2.75) is 25.7 Å². The number of piperidine rings is 3. The van der Waals surface area contributed by atoms with E-state index in [-0.39, 0.29) is 0 Å². The van der Waals surface area contributed by atoms with E-state index in [2.05, 4.69) is 41.4 Å². The van der Waals surface area contributed by atoms with Crippen LogP contribution in [0.15, 0.2) is 48.5 Å². The summed E-state index contributed by atoms with van der Waals surface area (Å²) in [6, 6.07) is 16.3. The Bertz CT molecular complexity index is 796. The van der Waals surface area contributed by atoms with E-state index in [1.54, 1.807) is 6.07 Å². The number of amides is 1. The van der Waals surface area contributed by atoms with Crippen molar-refractivity contribution < 1.29 is 9.90 Å². The molecule has 0 aromatic heterocycles. The molecule has 1 amide bonds. The number of hydrogen-bond donors (Lipinski definition) is 2. The van der Waals surface area contributed by atoms with Crippen LogP contribution in [0.3, 0.4) is 0 Å². The van der Waals surface area contributed by atoms with Crippen molar-refractivity contribution in [1.82, 2.24) is 4.90 Å². The van der Waals surface area contributed by atoms with Crippen LogP contribution in [-0.2, 0) is 0 Å². The molecule has 2 atom stereocenters. The smallest absolute Gasteiger partial charge is 0.409 e. The van der Waals surface area contributed by atoms with E-state index in [0.717, 1.165) is 23.0 Å². The molecule has 2 aromatic carbocycles. The monoisotopic (exact) mass is 350 g/mol. The second-order valence-electron chi connectivity index (χ2n) is 7.73. The van der Waals surface area contributed by atoms with E-state index in [1.165, 1.54) is 38.0 Å². The molecule has 3 aliphatic rings. The van der Waals surface area contributed by atoms with Gasteiger partial charge >= 0.3 is 6.09 Å². The summed E-state index contributed by atoms with van der Waals surface area (Å²) in [6.45, 7) is 6.15. The molecule has 3 aliphatic heterocycles. The molecule has 0 aliphatic carbocycles. The highest BCUT2D eigenvalue weighted by molar-refractivity contribution is 5.84. The molecule has 3 saturated heterocycles. The normalized spacial score (nSPS) is 25.7. The summed E-state index contributed by atoms with van der Waals surface area (Å²) in [6.07, 6.45) is 1.65. The lowest BCUT2D eigenvalue weighted by Crippen LogP contribution is -2.48. The molecule has 2 unspecified atom stereocenters. The van der Waals surface area contributed by atoms with Gasteiger partial charge < -0.3 is 10.0 Å². The lowest BCUT2D eigenvalue weighted by Gasteiger charge is -2.47. The Morgan fingerprint density at radius 3 is 2.46 bits per heavy atom. The molecule has 5 rings (SSSR count). The number of hydrogen-bond acceptors (Lipinski definition) is 2. The van der Waals surface area contributed by atoms with E-state index < -0.39 is 6.09 Å². The van der Waals surface area contributed by atoms with Crippen LogP contribution in [0.25, 0.3) is 11.1 Å². The Morgan fingerprint density at radius 1 is 1.12 bits per heavy atom. The van der Waals surface area contributed by atoms with Crippen molar-refractivity contribution in [3.05, 3.63) is 54.1 Å². The van der Waals surface area contributed by atoms with E-state index in [1.807, 2.05) is 18.2 Å². The zero-order valence-electron chi connectivity index (χ0n) is 15.2. The molecular formula is C22H26N2O2. The standard InChI is InChI=1S/C22H26N2O2/c1-15(21-14-24-10-8-16(21)9-11-24)17-4-2-5-18(12-17)19-6-3-7-20(13-19)23-22(25)26/h2-7,12-13,15-16,21,23H,8-11,14H2,1H3,(H,25,26). The van der Waals surface area contributed by atoms with Gasteiger partial charge in [-0.1, -0.05) is 43.3 Å². The number of carbonyl (C=O) groups is 1. The first-order chi connectivity index (χ1) is 12.6. The third-order valence-corrected chi connectivity index (χ3v) is 6.21. The Labute approximate surface area is 154 Å². The van der Waals surface area contributed by atoms with Crippen LogP contribution in [0.2, 0.25) is 0 Å². The predicted octanol–water partition coefficient (Wildman–Crippen LogP) is 4.89. The number of nitrogens with zero attached hydrogens (tertiary/aromatic N) is 1. The minimum atomic E-state index is -1.04. The van der Waals surface area contributed by atoms with E-state index in [0.29, 0.717) is 11.6 Å². The average molecular weight is 350 g/mol. The number of anilines is 1. The van der Waals surface area contributed by atoms with Crippen LogP contribution >= 0.6 is 0 Å². The SMILES string of the molecule is CC(c1cccc(-c2cccc(NC(=O)O)c2)c1)C1CN2CCC1CC2. The van der Waals surface area contributed by atoms with Gasteiger partial charge in [0.2, 0.25) is 0 Å². The molecule has 3 fully saturated rings. The van der Waals surface area contributed by atoms with Crippen LogP contribution in [-0.4, -0.2) is 35.7 Å². The lowest BCUT2D eigenvalue weighted by molar-refractivity contribution is 0.0395. The Balaban J connectivity index is 1.58. The second-order valence-corrected chi connectivity index (χ2v) is 7.73. The molecule has 2 N–H and O–H groups in total. The molecule has 26 heavy (non-hydrogen) atoms. The fourth-order valence-corrected chi connectivity index (χ4v) is 4.73. The first-order valence-electron chi connectivity index (χ1n) is 9.53. The quantitative estimate of drug-likeness (QED) is 0.825. The van der Waals surface area contributed by atoms with Gasteiger partial charge in [-0.2, -0.15) is 0 Å². The summed E-state index contributed by atoms with van der Waals surface area (Å²) in [5, 5.41) is 11.4. The summed E-state index contributed by atoms with van der Waals surface area (Å²) in [4.78, 5) is 13.5. The number of nitrogens with one attached hydrogen (secondary N) is 1. The number of carboxylic acid groups (broad SMARTS) is 1. The van der Waals surface area contributed by atoms with Crippen LogP contribution in [0.4, 0.5) is 10.5 Å². The highest BCUT2D eigenvalue weighted by Crippen LogP contribution is 2.41.